The van der Waals surface area contributed by atoms with Crippen molar-refractivity contribution in [1.82, 2.24) is 15.4 Å². The van der Waals surface area contributed by atoms with Gasteiger partial charge < -0.3 is 19.9 Å². The molecule has 7 nitrogen and oxygen atoms in total. The van der Waals surface area contributed by atoms with Crippen molar-refractivity contribution in [2.45, 2.75) is 26.9 Å². The molecule has 1 aliphatic rings. The number of amides is 2. The first-order chi connectivity index (χ1) is 12.1. The number of nitrogens with zero attached hydrogens (tertiary/aromatic N) is 2. The van der Waals surface area contributed by atoms with Crippen molar-refractivity contribution in [2.75, 3.05) is 31.6 Å². The van der Waals surface area contributed by atoms with Crippen LogP contribution in [0.1, 0.15) is 22.6 Å². The molecule has 0 spiro atoms. The molecule has 25 heavy (non-hydrogen) atoms. The second kappa shape index (κ2) is 8.13. The SMILES string of the molecule is Cc1noc(C)c1NC(=O)NCc1ccccc1CN1CCOCC1. The van der Waals surface area contributed by atoms with Crippen LogP contribution in [-0.2, 0) is 17.8 Å². The van der Waals surface area contributed by atoms with Crippen LogP contribution in [0.3, 0.4) is 0 Å². The van der Waals surface area contributed by atoms with Crippen LogP contribution in [0.4, 0.5) is 10.5 Å². The highest BCUT2D eigenvalue weighted by molar-refractivity contribution is 5.90. The summed E-state index contributed by atoms with van der Waals surface area (Å²) in [5, 5.41) is 9.54. The van der Waals surface area contributed by atoms with Gasteiger partial charge >= 0.3 is 6.03 Å². The van der Waals surface area contributed by atoms with Gasteiger partial charge in [-0.3, -0.25) is 4.90 Å². The number of aryl methyl sites for hydroxylation is 2. The number of carbonyl (C=O) groups is 1. The van der Waals surface area contributed by atoms with E-state index in [1.165, 1.54) is 5.56 Å². The van der Waals surface area contributed by atoms with E-state index in [4.69, 9.17) is 9.26 Å². The van der Waals surface area contributed by atoms with E-state index in [2.05, 4.69) is 26.8 Å². The molecule has 0 bridgehead atoms. The summed E-state index contributed by atoms with van der Waals surface area (Å²) < 4.78 is 10.5. The van der Waals surface area contributed by atoms with Gasteiger partial charge in [0.05, 0.1) is 13.2 Å². The minimum Gasteiger partial charge on any atom is -0.379 e. The van der Waals surface area contributed by atoms with Gasteiger partial charge in [-0.2, -0.15) is 0 Å². The predicted molar refractivity (Wildman–Crippen MR) is 94.4 cm³/mol. The molecule has 1 fully saturated rings. The summed E-state index contributed by atoms with van der Waals surface area (Å²) in [7, 11) is 0. The maximum atomic E-state index is 12.2. The first-order valence-electron chi connectivity index (χ1n) is 8.48. The fourth-order valence-corrected chi connectivity index (χ4v) is 2.88. The van der Waals surface area contributed by atoms with Crippen LogP contribution in [0.2, 0.25) is 0 Å². The zero-order valence-corrected chi connectivity index (χ0v) is 14.7. The fraction of sp³-hybridized carbons (Fsp3) is 0.444. The first kappa shape index (κ1) is 17.4. The second-order valence-corrected chi connectivity index (χ2v) is 6.16. The van der Waals surface area contributed by atoms with Crippen LogP contribution in [0.25, 0.3) is 0 Å². The third-order valence-electron chi connectivity index (χ3n) is 4.33. The predicted octanol–water partition coefficient (Wildman–Crippen LogP) is 2.45. The summed E-state index contributed by atoms with van der Waals surface area (Å²) in [6.07, 6.45) is 0. The standard InChI is InChI=1S/C18H24N4O3/c1-13-17(14(2)25-21-13)20-18(23)19-11-15-5-3-4-6-16(15)12-22-7-9-24-10-8-22/h3-6H,7-12H2,1-2H3,(H2,19,20,23). The molecule has 1 aromatic heterocycles. The zero-order chi connectivity index (χ0) is 17.6. The van der Waals surface area contributed by atoms with E-state index in [9.17, 15) is 4.79 Å². The second-order valence-electron chi connectivity index (χ2n) is 6.16. The van der Waals surface area contributed by atoms with E-state index >= 15 is 0 Å². The number of morpholine rings is 1. The van der Waals surface area contributed by atoms with Crippen LogP contribution in [0.5, 0.6) is 0 Å². The molecule has 2 amide bonds. The molecule has 2 aromatic rings. The van der Waals surface area contributed by atoms with Crippen molar-refractivity contribution in [3.05, 3.63) is 46.8 Å². The Morgan fingerprint density at radius 3 is 2.60 bits per heavy atom. The number of anilines is 1. The van der Waals surface area contributed by atoms with Gasteiger partial charge in [0.2, 0.25) is 0 Å². The Bertz CT molecular complexity index is 703. The molecule has 0 atom stereocenters. The lowest BCUT2D eigenvalue weighted by Gasteiger charge is -2.27. The van der Waals surface area contributed by atoms with Crippen LogP contribution in [-0.4, -0.2) is 42.4 Å². The molecule has 2 N–H and O–H groups in total. The van der Waals surface area contributed by atoms with E-state index in [0.29, 0.717) is 23.7 Å². The third-order valence-corrected chi connectivity index (χ3v) is 4.33. The van der Waals surface area contributed by atoms with Crippen molar-refractivity contribution < 1.29 is 14.1 Å². The van der Waals surface area contributed by atoms with E-state index in [1.54, 1.807) is 13.8 Å². The number of urea groups is 1. The largest absolute Gasteiger partial charge is 0.379 e. The monoisotopic (exact) mass is 344 g/mol. The van der Waals surface area contributed by atoms with Gasteiger partial charge in [0.15, 0.2) is 5.76 Å². The minimum atomic E-state index is -0.268. The molecule has 2 heterocycles. The Labute approximate surface area is 147 Å². The van der Waals surface area contributed by atoms with Gasteiger partial charge in [-0.1, -0.05) is 29.4 Å². The molecule has 0 saturated carbocycles. The van der Waals surface area contributed by atoms with Gasteiger partial charge in [0, 0.05) is 26.2 Å². The minimum absolute atomic E-state index is 0.268. The Kier molecular flexibility index (Phi) is 5.67. The maximum Gasteiger partial charge on any atom is 0.319 e. The van der Waals surface area contributed by atoms with E-state index in [1.807, 2.05) is 18.2 Å². The van der Waals surface area contributed by atoms with Crippen LogP contribution >= 0.6 is 0 Å². The van der Waals surface area contributed by atoms with Crippen LogP contribution in [0.15, 0.2) is 28.8 Å². The highest BCUT2D eigenvalue weighted by Gasteiger charge is 2.14. The number of nitrogens with one attached hydrogen (secondary N) is 2. The molecule has 3 rings (SSSR count). The van der Waals surface area contributed by atoms with Crippen molar-refractivity contribution in [2.24, 2.45) is 0 Å². The normalized spacial score (nSPS) is 15.1. The number of benzene rings is 1. The van der Waals surface area contributed by atoms with Gasteiger partial charge in [-0.05, 0) is 25.0 Å². The van der Waals surface area contributed by atoms with Gasteiger partial charge in [-0.25, -0.2) is 4.79 Å². The summed E-state index contributed by atoms with van der Waals surface area (Å²) in [6.45, 7) is 8.34. The van der Waals surface area contributed by atoms with Crippen LogP contribution < -0.4 is 10.6 Å². The van der Waals surface area contributed by atoms with Crippen LogP contribution in [0, 0.1) is 13.8 Å². The summed E-state index contributed by atoms with van der Waals surface area (Å²) in [4.78, 5) is 14.5. The molecule has 1 aliphatic heterocycles. The molecule has 0 radical (unpaired) electrons. The summed E-state index contributed by atoms with van der Waals surface area (Å²) >= 11 is 0. The van der Waals surface area contributed by atoms with Crippen molar-refractivity contribution in [3.63, 3.8) is 0 Å². The summed E-state index contributed by atoms with van der Waals surface area (Å²) in [5.41, 5.74) is 3.63. The highest BCUT2D eigenvalue weighted by atomic mass is 16.5. The average molecular weight is 344 g/mol. The molecule has 1 aromatic carbocycles. The number of rotatable bonds is 5. The molecule has 7 heteroatoms. The number of ether oxygens (including phenoxy) is 1. The highest BCUT2D eigenvalue weighted by Crippen LogP contribution is 2.18. The maximum absolute atomic E-state index is 12.2. The molecule has 134 valence electrons. The lowest BCUT2D eigenvalue weighted by molar-refractivity contribution is 0.0341. The number of hydrogen-bond acceptors (Lipinski definition) is 5. The zero-order valence-electron chi connectivity index (χ0n) is 14.7. The van der Waals surface area contributed by atoms with Crippen molar-refractivity contribution in [3.8, 4) is 0 Å². The summed E-state index contributed by atoms with van der Waals surface area (Å²) in [6, 6.07) is 7.91. The molecular formula is C18H24N4O3. The number of aromatic nitrogens is 1. The number of carbonyl (C=O) groups excluding carboxylic acids is 1. The molecule has 0 aliphatic carbocycles. The summed E-state index contributed by atoms with van der Waals surface area (Å²) in [5.74, 6) is 0.598. The molecular weight excluding hydrogens is 320 g/mol. The Hall–Kier alpha value is -2.38. The molecule has 0 unspecified atom stereocenters. The number of hydrogen-bond donors (Lipinski definition) is 2. The fourth-order valence-electron chi connectivity index (χ4n) is 2.88. The first-order valence-corrected chi connectivity index (χ1v) is 8.48. The Morgan fingerprint density at radius 2 is 1.92 bits per heavy atom. The van der Waals surface area contributed by atoms with Gasteiger partial charge in [0.1, 0.15) is 11.4 Å². The quantitative estimate of drug-likeness (QED) is 0.871. The lowest BCUT2D eigenvalue weighted by atomic mass is 10.1. The van der Waals surface area contributed by atoms with E-state index < -0.39 is 0 Å². The van der Waals surface area contributed by atoms with Gasteiger partial charge in [-0.15, -0.1) is 0 Å². The third kappa shape index (κ3) is 4.58. The Balaban J connectivity index is 1.58. The Morgan fingerprint density at radius 1 is 1.20 bits per heavy atom. The van der Waals surface area contributed by atoms with Gasteiger partial charge in [0.25, 0.3) is 0 Å². The lowest BCUT2D eigenvalue weighted by Crippen LogP contribution is -2.36. The van der Waals surface area contributed by atoms with Crippen molar-refractivity contribution in [1.29, 1.82) is 0 Å². The molecule has 1 saturated heterocycles. The van der Waals surface area contributed by atoms with E-state index in [-0.39, 0.29) is 6.03 Å². The van der Waals surface area contributed by atoms with E-state index in [0.717, 1.165) is 38.4 Å². The average Bonchev–Trinajstić information content (AvgIpc) is 2.94. The topological polar surface area (TPSA) is 79.6 Å². The smallest absolute Gasteiger partial charge is 0.319 e. The van der Waals surface area contributed by atoms with Crippen molar-refractivity contribution >= 4 is 11.7 Å².